The van der Waals surface area contributed by atoms with Crippen LogP contribution in [0.25, 0.3) is 0 Å². The Morgan fingerprint density at radius 1 is 1.43 bits per heavy atom. The lowest BCUT2D eigenvalue weighted by Gasteiger charge is -2.45. The normalized spacial score (nSPS) is 21.6. The van der Waals surface area contributed by atoms with Gasteiger partial charge in [-0.25, -0.2) is 9.40 Å². The van der Waals surface area contributed by atoms with Gasteiger partial charge in [-0.05, 0) is 31.9 Å². The number of Topliss-reactive ketones (excluding diaryl/α,β-unsaturated/α-hetero) is 1. The molecule has 0 aromatic heterocycles. The molecule has 1 saturated heterocycles. The summed E-state index contributed by atoms with van der Waals surface area (Å²) in [5.41, 5.74) is 1.63. The van der Waals surface area contributed by atoms with Gasteiger partial charge in [0.05, 0.1) is 18.4 Å². The molecule has 1 fully saturated rings. The van der Waals surface area contributed by atoms with Crippen molar-refractivity contribution in [3.63, 3.8) is 0 Å². The van der Waals surface area contributed by atoms with Crippen LogP contribution >= 0.6 is 0 Å². The number of ketones is 1. The number of rotatable bonds is 7. The number of carbonyl (C=O) groups is 1. The van der Waals surface area contributed by atoms with Crippen LogP contribution in [0.2, 0.25) is 0 Å². The van der Waals surface area contributed by atoms with Gasteiger partial charge in [0, 0.05) is 18.7 Å². The Balaban J connectivity index is 3.07. The molecule has 0 bridgehead atoms. The molecule has 0 aromatic carbocycles. The Bertz CT molecular complexity index is 515. The molecule has 0 radical (unpaired) electrons. The van der Waals surface area contributed by atoms with Crippen LogP contribution in [-0.4, -0.2) is 34.9 Å². The molecule has 0 aromatic rings. The summed E-state index contributed by atoms with van der Waals surface area (Å²) < 4.78 is 13.4. The average molecular weight is 320 g/mol. The van der Waals surface area contributed by atoms with Crippen LogP contribution in [-0.2, 0) is 4.79 Å². The molecule has 0 spiro atoms. The number of hydrogen-bond acceptors (Lipinski definition) is 3. The van der Waals surface area contributed by atoms with Gasteiger partial charge in [0.1, 0.15) is 0 Å². The first kappa shape index (κ1) is 19.4. The number of allylic oxidation sites excluding steroid dienone is 5. The zero-order valence-corrected chi connectivity index (χ0v) is 14.8. The summed E-state index contributed by atoms with van der Waals surface area (Å²) in [7, 11) is 0. The van der Waals surface area contributed by atoms with Crippen molar-refractivity contribution in [1.82, 2.24) is 10.0 Å². The lowest BCUT2D eigenvalue weighted by Crippen LogP contribution is -2.55. The first-order valence-corrected chi connectivity index (χ1v) is 8.34. The minimum Gasteiger partial charge on any atom is -0.305 e. The lowest BCUT2D eigenvalue weighted by atomic mass is 9.99. The third-order valence-electron chi connectivity index (χ3n) is 3.89. The van der Waals surface area contributed by atoms with E-state index in [0.29, 0.717) is 13.0 Å². The van der Waals surface area contributed by atoms with E-state index < -0.39 is 0 Å². The van der Waals surface area contributed by atoms with Crippen molar-refractivity contribution < 1.29 is 9.18 Å². The molecule has 1 heterocycles. The highest BCUT2D eigenvalue weighted by Crippen LogP contribution is 2.26. The molecule has 1 atom stereocenters. The highest BCUT2D eigenvalue weighted by Gasteiger charge is 2.35. The summed E-state index contributed by atoms with van der Waals surface area (Å²) in [4.78, 5) is 12.3. The van der Waals surface area contributed by atoms with Crippen molar-refractivity contribution in [3.8, 4) is 0 Å². The van der Waals surface area contributed by atoms with E-state index in [9.17, 15) is 9.18 Å². The Morgan fingerprint density at radius 2 is 2.13 bits per heavy atom. The zero-order chi connectivity index (χ0) is 17.4. The molecular weight excluding hydrogens is 291 g/mol. The summed E-state index contributed by atoms with van der Waals surface area (Å²) >= 11 is 0. The fraction of sp³-hybridized carbons (Fsp3) is 0.526. The zero-order valence-electron chi connectivity index (χ0n) is 14.8. The van der Waals surface area contributed by atoms with Gasteiger partial charge in [0.15, 0.2) is 5.78 Å². The van der Waals surface area contributed by atoms with Gasteiger partial charge >= 0.3 is 0 Å². The van der Waals surface area contributed by atoms with Crippen molar-refractivity contribution >= 4 is 5.78 Å². The monoisotopic (exact) mass is 320 g/mol. The molecule has 1 unspecified atom stereocenters. The predicted octanol–water partition coefficient (Wildman–Crippen LogP) is 4.56. The minimum absolute atomic E-state index is 0.103. The molecular formula is C19H29FN2O. The van der Waals surface area contributed by atoms with Crippen molar-refractivity contribution in [1.29, 1.82) is 0 Å². The Labute approximate surface area is 139 Å². The van der Waals surface area contributed by atoms with Crippen LogP contribution in [0.5, 0.6) is 0 Å². The molecule has 1 rings (SSSR count). The quantitative estimate of drug-likeness (QED) is 0.643. The standard InChI is InChI=1S/C19H29FN2O/c1-6-9-11-17(12-15(4)20)14-22-16(5)13-19(23)18(10-7-2)21(22)8-3/h6,9,11-12,18H,5,7-8,10,13-14H2,1-4H3/b9-6-,15-12+,17-11+. The molecule has 0 aliphatic carbocycles. The van der Waals surface area contributed by atoms with Crippen molar-refractivity contribution in [2.45, 2.75) is 53.0 Å². The maximum Gasteiger partial charge on any atom is 0.157 e. The second-order valence-corrected chi connectivity index (χ2v) is 5.83. The van der Waals surface area contributed by atoms with Gasteiger partial charge in [-0.2, -0.15) is 0 Å². The van der Waals surface area contributed by atoms with E-state index >= 15 is 0 Å². The Kier molecular flexibility index (Phi) is 7.96. The van der Waals surface area contributed by atoms with E-state index in [1.165, 1.54) is 13.0 Å². The van der Waals surface area contributed by atoms with Gasteiger partial charge < -0.3 is 5.01 Å². The van der Waals surface area contributed by atoms with E-state index in [0.717, 1.165) is 30.7 Å². The van der Waals surface area contributed by atoms with Crippen LogP contribution in [0.3, 0.4) is 0 Å². The largest absolute Gasteiger partial charge is 0.305 e. The molecule has 23 heavy (non-hydrogen) atoms. The van der Waals surface area contributed by atoms with Crippen LogP contribution in [0.1, 0.15) is 47.0 Å². The van der Waals surface area contributed by atoms with Gasteiger partial charge in [-0.15, -0.1) is 0 Å². The maximum absolute atomic E-state index is 13.4. The molecule has 3 nitrogen and oxygen atoms in total. The molecule has 4 heteroatoms. The van der Waals surface area contributed by atoms with Crippen molar-refractivity contribution in [3.05, 3.63) is 48.0 Å². The Hall–Kier alpha value is -1.68. The SMILES string of the molecule is C=C1CC(=O)C(CCC)N(CC)N1CC(/C=C(\C)F)=C/C=C\C. The van der Waals surface area contributed by atoms with Gasteiger partial charge in [0.2, 0.25) is 0 Å². The van der Waals surface area contributed by atoms with Gasteiger partial charge in [0.25, 0.3) is 0 Å². The third-order valence-corrected chi connectivity index (χ3v) is 3.89. The van der Waals surface area contributed by atoms with E-state index in [-0.39, 0.29) is 17.7 Å². The topological polar surface area (TPSA) is 23.6 Å². The Morgan fingerprint density at radius 3 is 2.65 bits per heavy atom. The summed E-state index contributed by atoms with van der Waals surface area (Å²) in [6, 6.07) is -0.103. The van der Waals surface area contributed by atoms with Crippen LogP contribution in [0, 0.1) is 0 Å². The smallest absolute Gasteiger partial charge is 0.157 e. The summed E-state index contributed by atoms with van der Waals surface area (Å²) in [5.74, 6) is -0.00115. The van der Waals surface area contributed by atoms with Crippen LogP contribution in [0.4, 0.5) is 4.39 Å². The van der Waals surface area contributed by atoms with E-state index in [4.69, 9.17) is 0 Å². The molecule has 1 aliphatic rings. The number of halogens is 1. The molecule has 0 amide bonds. The number of carbonyl (C=O) groups excluding carboxylic acids is 1. The summed E-state index contributed by atoms with van der Waals surface area (Å²) in [5, 5.41) is 4.11. The molecule has 1 aliphatic heterocycles. The van der Waals surface area contributed by atoms with E-state index in [1.54, 1.807) is 0 Å². The fourth-order valence-corrected chi connectivity index (χ4v) is 2.90. The van der Waals surface area contributed by atoms with Crippen molar-refractivity contribution in [2.24, 2.45) is 0 Å². The molecule has 0 saturated carbocycles. The van der Waals surface area contributed by atoms with Gasteiger partial charge in [-0.3, -0.25) is 4.79 Å². The number of nitrogens with zero attached hydrogens (tertiary/aromatic N) is 2. The van der Waals surface area contributed by atoms with Crippen molar-refractivity contribution in [2.75, 3.05) is 13.1 Å². The maximum atomic E-state index is 13.4. The number of hydrazine groups is 1. The van der Waals surface area contributed by atoms with Crippen LogP contribution in [0.15, 0.2) is 48.0 Å². The van der Waals surface area contributed by atoms with E-state index in [2.05, 4.69) is 18.5 Å². The highest BCUT2D eigenvalue weighted by molar-refractivity contribution is 5.86. The lowest BCUT2D eigenvalue weighted by molar-refractivity contribution is -0.138. The van der Waals surface area contributed by atoms with Crippen LogP contribution < -0.4 is 0 Å². The average Bonchev–Trinajstić information content (AvgIpc) is 2.49. The molecule has 128 valence electrons. The second-order valence-electron chi connectivity index (χ2n) is 5.83. The fourth-order valence-electron chi connectivity index (χ4n) is 2.90. The number of likely N-dealkylation sites (N-methyl/N-ethyl adjacent to an activating group) is 1. The first-order chi connectivity index (χ1) is 10.9. The minimum atomic E-state index is -0.229. The van der Waals surface area contributed by atoms with Gasteiger partial charge in [-0.1, -0.05) is 45.1 Å². The first-order valence-electron chi connectivity index (χ1n) is 8.34. The highest BCUT2D eigenvalue weighted by atomic mass is 19.1. The summed E-state index contributed by atoms with van der Waals surface area (Å²) in [6.07, 6.45) is 9.40. The molecule has 0 N–H and O–H groups in total. The third kappa shape index (κ3) is 5.47. The predicted molar refractivity (Wildman–Crippen MR) is 94.3 cm³/mol. The number of hydrogen-bond donors (Lipinski definition) is 0. The summed E-state index contributed by atoms with van der Waals surface area (Å²) in [6.45, 7) is 12.8. The second kappa shape index (κ2) is 9.46. The van der Waals surface area contributed by atoms with E-state index in [1.807, 2.05) is 37.1 Å².